The van der Waals surface area contributed by atoms with E-state index in [0.717, 1.165) is 68.7 Å². The largest absolute Gasteiger partial charge is 0.490 e. The molecule has 51 heavy (non-hydrogen) atoms. The summed E-state index contributed by atoms with van der Waals surface area (Å²) in [4.78, 5) is 39.5. The molecule has 268 valence electrons. The molecule has 4 aromatic rings. The van der Waals surface area contributed by atoms with Gasteiger partial charge in [-0.1, -0.05) is 42.3 Å². The van der Waals surface area contributed by atoms with Crippen LogP contribution in [-0.4, -0.2) is 70.9 Å². The maximum Gasteiger partial charge on any atom is 0.262 e. The molecule has 0 aliphatic carbocycles. The van der Waals surface area contributed by atoms with Crippen LogP contribution in [0, 0.1) is 19.7 Å². The van der Waals surface area contributed by atoms with E-state index in [1.807, 2.05) is 36.9 Å². The van der Waals surface area contributed by atoms with Gasteiger partial charge in [0.05, 0.1) is 18.1 Å². The molecule has 2 aliphatic heterocycles. The summed E-state index contributed by atoms with van der Waals surface area (Å²) in [7, 11) is 0. The molecule has 0 atom stereocenters. The van der Waals surface area contributed by atoms with E-state index in [0.29, 0.717) is 18.0 Å². The summed E-state index contributed by atoms with van der Waals surface area (Å²) in [5.41, 5.74) is 3.65. The number of amides is 2. The van der Waals surface area contributed by atoms with Crippen LogP contribution in [-0.2, 0) is 11.2 Å². The van der Waals surface area contributed by atoms with Crippen LogP contribution >= 0.6 is 11.6 Å². The zero-order chi connectivity index (χ0) is 35.7. The molecule has 1 aromatic heterocycles. The van der Waals surface area contributed by atoms with Gasteiger partial charge in [0.15, 0.2) is 11.6 Å². The van der Waals surface area contributed by atoms with E-state index >= 15 is 4.39 Å². The molecule has 0 radical (unpaired) electrons. The quantitative estimate of drug-likeness (QED) is 0.134. The number of anilines is 3. The lowest BCUT2D eigenvalue weighted by molar-refractivity contribution is -0.129. The number of aryl methyl sites for hydroxylation is 2. The van der Waals surface area contributed by atoms with Crippen LogP contribution in [0.1, 0.15) is 65.6 Å². The first kappa shape index (κ1) is 36.1. The number of aromatic nitrogens is 2. The fraction of sp³-hybridized carbons (Fsp3) is 0.385. The van der Waals surface area contributed by atoms with Crippen molar-refractivity contribution in [3.05, 3.63) is 93.9 Å². The van der Waals surface area contributed by atoms with E-state index < -0.39 is 11.7 Å². The summed E-state index contributed by atoms with van der Waals surface area (Å²) in [5, 5.41) is 6.21. The number of rotatable bonds is 13. The van der Waals surface area contributed by atoms with Gasteiger partial charge in [-0.15, -0.1) is 0 Å². The number of carbonyl (C=O) groups excluding carboxylic acids is 2. The molecule has 0 bridgehead atoms. The highest BCUT2D eigenvalue weighted by molar-refractivity contribution is 6.32. The van der Waals surface area contributed by atoms with Crippen LogP contribution in [0.5, 0.6) is 17.4 Å². The van der Waals surface area contributed by atoms with Crippen LogP contribution in [0.4, 0.5) is 21.7 Å². The third-order valence-corrected chi connectivity index (χ3v) is 9.54. The van der Waals surface area contributed by atoms with Crippen molar-refractivity contribution in [1.29, 1.82) is 0 Å². The second-order valence-electron chi connectivity index (χ2n) is 13.1. The van der Waals surface area contributed by atoms with E-state index in [1.165, 1.54) is 31.5 Å². The van der Waals surface area contributed by atoms with Crippen molar-refractivity contribution in [2.24, 2.45) is 0 Å². The molecule has 6 rings (SSSR count). The van der Waals surface area contributed by atoms with Gasteiger partial charge < -0.3 is 29.9 Å². The predicted molar refractivity (Wildman–Crippen MR) is 197 cm³/mol. The van der Waals surface area contributed by atoms with Gasteiger partial charge in [-0.3, -0.25) is 9.59 Å². The lowest BCUT2D eigenvalue weighted by atomic mass is 10.1. The van der Waals surface area contributed by atoms with Crippen LogP contribution in [0.15, 0.2) is 60.8 Å². The molecule has 0 saturated carbocycles. The standard InChI is InChI=1S/C39H44ClFN6O4/c1-26-10-8-11-27(2)36(26)44-37(49)30-25-42-39(43-29-13-15-34(32(41)24-29)50-21-9-18-46-16-4-3-5-17-46)45-38(30)51-33-14-12-28(22-31(33)40)23-35(48)47-19-6-7-20-47/h8,10-15,22,24-25H,3-7,9,16-21,23H2,1-2H3,(H,44,49)(H,42,43,45). The number of ether oxygens (including phenoxy) is 2. The fourth-order valence-electron chi connectivity index (χ4n) is 6.42. The van der Waals surface area contributed by atoms with E-state index in [-0.39, 0.29) is 46.2 Å². The van der Waals surface area contributed by atoms with Gasteiger partial charge in [-0.05, 0) is 100.0 Å². The van der Waals surface area contributed by atoms with Crippen LogP contribution < -0.4 is 20.1 Å². The molecule has 2 N–H and O–H groups in total. The van der Waals surface area contributed by atoms with Crippen LogP contribution in [0.2, 0.25) is 5.02 Å². The number of para-hydroxylation sites is 1. The van der Waals surface area contributed by atoms with Crippen LogP contribution in [0.3, 0.4) is 0 Å². The molecule has 2 amide bonds. The number of carbonyl (C=O) groups is 2. The van der Waals surface area contributed by atoms with E-state index in [4.69, 9.17) is 21.1 Å². The number of likely N-dealkylation sites (tertiary alicyclic amines) is 2. The number of hydrogen-bond acceptors (Lipinski definition) is 8. The fourth-order valence-corrected chi connectivity index (χ4v) is 6.67. The topological polar surface area (TPSA) is 109 Å². The number of nitrogens with zero attached hydrogens (tertiary/aromatic N) is 4. The Morgan fingerprint density at radius 1 is 0.922 bits per heavy atom. The summed E-state index contributed by atoms with van der Waals surface area (Å²) in [6.45, 7) is 8.95. The summed E-state index contributed by atoms with van der Waals surface area (Å²) >= 11 is 6.65. The molecule has 3 heterocycles. The average molecular weight is 715 g/mol. The first-order valence-corrected chi connectivity index (χ1v) is 18.0. The first-order valence-electron chi connectivity index (χ1n) is 17.6. The number of nitrogens with one attached hydrogen (secondary N) is 2. The molecular formula is C39H44ClFN6O4. The van der Waals surface area contributed by atoms with Gasteiger partial charge in [0.1, 0.15) is 11.3 Å². The average Bonchev–Trinajstić information content (AvgIpc) is 3.67. The maximum atomic E-state index is 15.1. The number of piperidine rings is 1. The molecule has 0 spiro atoms. The predicted octanol–water partition coefficient (Wildman–Crippen LogP) is 8.09. The Balaban J connectivity index is 1.18. The van der Waals surface area contributed by atoms with Gasteiger partial charge in [0.25, 0.3) is 5.91 Å². The number of hydrogen-bond donors (Lipinski definition) is 2. The molecule has 3 aromatic carbocycles. The number of benzene rings is 3. The second-order valence-corrected chi connectivity index (χ2v) is 13.5. The minimum absolute atomic E-state index is 0.0538. The van der Waals surface area contributed by atoms with Crippen LogP contribution in [0.25, 0.3) is 0 Å². The van der Waals surface area contributed by atoms with Crippen molar-refractivity contribution < 1.29 is 23.5 Å². The Morgan fingerprint density at radius 3 is 2.37 bits per heavy atom. The Kier molecular flexibility index (Phi) is 12.0. The van der Waals surface area contributed by atoms with Crippen molar-refractivity contribution in [3.63, 3.8) is 0 Å². The minimum Gasteiger partial charge on any atom is -0.490 e. The highest BCUT2D eigenvalue weighted by Crippen LogP contribution is 2.33. The summed E-state index contributed by atoms with van der Waals surface area (Å²) in [6, 6.07) is 15.4. The Labute approximate surface area is 303 Å². The molecule has 2 aliphatic rings. The second kappa shape index (κ2) is 17.0. The highest BCUT2D eigenvalue weighted by atomic mass is 35.5. The molecular weight excluding hydrogens is 671 g/mol. The Bertz CT molecular complexity index is 1840. The van der Waals surface area contributed by atoms with Gasteiger partial charge in [0, 0.05) is 43.3 Å². The monoisotopic (exact) mass is 714 g/mol. The smallest absolute Gasteiger partial charge is 0.262 e. The molecule has 12 heteroatoms. The van der Waals surface area contributed by atoms with Gasteiger partial charge in [0.2, 0.25) is 17.7 Å². The van der Waals surface area contributed by atoms with E-state index in [9.17, 15) is 9.59 Å². The Hall–Kier alpha value is -4.74. The molecule has 2 fully saturated rings. The zero-order valence-electron chi connectivity index (χ0n) is 29.1. The zero-order valence-corrected chi connectivity index (χ0v) is 29.9. The van der Waals surface area contributed by atoms with E-state index in [2.05, 4.69) is 25.5 Å². The third-order valence-electron chi connectivity index (χ3n) is 9.25. The normalized spacial score (nSPS) is 14.7. The van der Waals surface area contributed by atoms with E-state index in [1.54, 1.807) is 30.3 Å². The summed E-state index contributed by atoms with van der Waals surface area (Å²) < 4.78 is 27.0. The van der Waals surface area contributed by atoms with Crippen molar-refractivity contribution >= 4 is 40.7 Å². The SMILES string of the molecule is Cc1cccc(C)c1NC(=O)c1cnc(Nc2ccc(OCCCN3CCCCC3)c(F)c2)nc1Oc1ccc(CC(=O)N2CCCC2)cc1Cl. The van der Waals surface area contributed by atoms with Crippen molar-refractivity contribution in [2.75, 3.05) is 50.0 Å². The highest BCUT2D eigenvalue weighted by Gasteiger charge is 2.22. The number of halogens is 2. The van der Waals surface area contributed by atoms with Crippen molar-refractivity contribution in [3.8, 4) is 17.4 Å². The summed E-state index contributed by atoms with van der Waals surface area (Å²) in [5.74, 6) is -0.520. The molecule has 10 nitrogen and oxygen atoms in total. The van der Waals surface area contributed by atoms with Gasteiger partial charge in [-0.25, -0.2) is 9.37 Å². The third kappa shape index (κ3) is 9.53. The first-order chi connectivity index (χ1) is 24.7. The molecule has 0 unspecified atom stereocenters. The lowest BCUT2D eigenvalue weighted by Gasteiger charge is -2.26. The van der Waals surface area contributed by atoms with Gasteiger partial charge in [-0.2, -0.15) is 4.98 Å². The lowest BCUT2D eigenvalue weighted by Crippen LogP contribution is -2.31. The van der Waals surface area contributed by atoms with Crippen molar-refractivity contribution in [1.82, 2.24) is 19.8 Å². The molecule has 2 saturated heterocycles. The minimum atomic E-state index is -0.519. The van der Waals surface area contributed by atoms with Gasteiger partial charge >= 0.3 is 0 Å². The Morgan fingerprint density at radius 2 is 1.65 bits per heavy atom. The van der Waals surface area contributed by atoms with Crippen molar-refractivity contribution in [2.45, 2.75) is 58.8 Å². The summed E-state index contributed by atoms with van der Waals surface area (Å²) in [6.07, 6.45) is 8.18. The maximum absolute atomic E-state index is 15.1.